The van der Waals surface area contributed by atoms with Crippen LogP contribution in [0.5, 0.6) is 0 Å². The maximum Gasteiger partial charge on any atom is 0.303 e. The highest BCUT2D eigenvalue weighted by atomic mass is 16.4. The average Bonchev–Trinajstić information content (AvgIpc) is 1.92. The van der Waals surface area contributed by atoms with Crippen molar-refractivity contribution in [2.75, 3.05) is 19.6 Å². The lowest BCUT2D eigenvalue weighted by molar-refractivity contribution is -0.137. The van der Waals surface area contributed by atoms with Gasteiger partial charge in [-0.25, -0.2) is 0 Å². The van der Waals surface area contributed by atoms with Gasteiger partial charge in [0.2, 0.25) is 0 Å². The summed E-state index contributed by atoms with van der Waals surface area (Å²) < 4.78 is 0. The topological polar surface area (TPSA) is 40.5 Å². The molecule has 3 nitrogen and oxygen atoms in total. The second-order valence-corrected chi connectivity index (χ2v) is 4.26. The second-order valence-electron chi connectivity index (χ2n) is 4.26. The third kappa shape index (κ3) is 3.35. The van der Waals surface area contributed by atoms with Gasteiger partial charge in [0.25, 0.3) is 0 Å². The number of nitrogens with zero attached hydrogens (tertiary/aromatic N) is 1. The summed E-state index contributed by atoms with van der Waals surface area (Å²) in [5, 5.41) is 8.44. The zero-order valence-electron chi connectivity index (χ0n) is 8.49. The van der Waals surface area contributed by atoms with Gasteiger partial charge in [0.1, 0.15) is 0 Å². The molecule has 13 heavy (non-hydrogen) atoms. The summed E-state index contributed by atoms with van der Waals surface area (Å²) in [6, 6.07) is 0. The van der Waals surface area contributed by atoms with Crippen molar-refractivity contribution in [1.29, 1.82) is 0 Å². The Morgan fingerprint density at radius 3 is 2.62 bits per heavy atom. The Kier molecular flexibility index (Phi) is 3.72. The summed E-state index contributed by atoms with van der Waals surface area (Å²) >= 11 is 0. The van der Waals surface area contributed by atoms with Crippen molar-refractivity contribution in [2.45, 2.75) is 26.7 Å². The molecule has 0 aromatic heterocycles. The van der Waals surface area contributed by atoms with E-state index < -0.39 is 5.97 Å². The van der Waals surface area contributed by atoms with E-state index in [9.17, 15) is 4.79 Å². The fraction of sp³-hybridized carbons (Fsp3) is 0.900. The Hall–Kier alpha value is -0.570. The van der Waals surface area contributed by atoms with Gasteiger partial charge < -0.3 is 10.0 Å². The first kappa shape index (κ1) is 10.5. The van der Waals surface area contributed by atoms with Crippen LogP contribution in [0.25, 0.3) is 0 Å². The van der Waals surface area contributed by atoms with Gasteiger partial charge in [-0.1, -0.05) is 13.8 Å². The minimum Gasteiger partial charge on any atom is -0.481 e. The number of hydrogen-bond acceptors (Lipinski definition) is 2. The van der Waals surface area contributed by atoms with Crippen LogP contribution in [-0.4, -0.2) is 35.6 Å². The van der Waals surface area contributed by atoms with E-state index in [1.165, 1.54) is 0 Å². The van der Waals surface area contributed by atoms with Crippen LogP contribution in [0.3, 0.4) is 0 Å². The number of aliphatic carboxylic acids is 1. The molecule has 0 bridgehead atoms. The molecule has 1 fully saturated rings. The van der Waals surface area contributed by atoms with Crippen LogP contribution in [0.4, 0.5) is 0 Å². The van der Waals surface area contributed by atoms with Gasteiger partial charge in [-0.15, -0.1) is 0 Å². The number of hydrogen-bond donors (Lipinski definition) is 1. The molecule has 1 N–H and O–H groups in total. The van der Waals surface area contributed by atoms with Gasteiger partial charge >= 0.3 is 5.97 Å². The Bertz CT molecular complexity index is 174. The van der Waals surface area contributed by atoms with E-state index in [-0.39, 0.29) is 0 Å². The van der Waals surface area contributed by atoms with E-state index in [4.69, 9.17) is 5.11 Å². The molecule has 0 unspecified atom stereocenters. The van der Waals surface area contributed by atoms with Crippen molar-refractivity contribution in [3.8, 4) is 0 Å². The molecule has 0 atom stereocenters. The number of carboxylic acid groups (broad SMARTS) is 1. The van der Waals surface area contributed by atoms with Crippen LogP contribution in [0.15, 0.2) is 0 Å². The molecule has 1 saturated heterocycles. The van der Waals surface area contributed by atoms with E-state index in [1.807, 2.05) is 0 Å². The molecule has 0 aromatic rings. The van der Waals surface area contributed by atoms with E-state index in [0.29, 0.717) is 6.42 Å². The zero-order chi connectivity index (χ0) is 9.84. The molecule has 0 aliphatic carbocycles. The molecule has 1 aliphatic rings. The van der Waals surface area contributed by atoms with Crippen molar-refractivity contribution >= 4 is 5.97 Å². The highest BCUT2D eigenvalue weighted by molar-refractivity contribution is 5.66. The molecule has 1 rings (SSSR count). The number of carboxylic acids is 1. The summed E-state index contributed by atoms with van der Waals surface area (Å²) in [5.74, 6) is 0.932. The summed E-state index contributed by atoms with van der Waals surface area (Å²) in [6.07, 6.45) is 1.10. The third-order valence-electron chi connectivity index (χ3n) is 2.79. The third-order valence-corrected chi connectivity index (χ3v) is 2.79. The van der Waals surface area contributed by atoms with Crippen LogP contribution in [0.1, 0.15) is 26.7 Å². The van der Waals surface area contributed by atoms with Gasteiger partial charge in [-0.2, -0.15) is 0 Å². The molecule has 1 heterocycles. The van der Waals surface area contributed by atoms with Gasteiger partial charge in [0.15, 0.2) is 0 Å². The fourth-order valence-corrected chi connectivity index (χ4v) is 1.67. The molecule has 3 heteroatoms. The SMILES string of the molecule is CC(C)C1CN(CCCC(=O)O)C1. The van der Waals surface area contributed by atoms with Crippen molar-refractivity contribution < 1.29 is 9.90 Å². The summed E-state index contributed by atoms with van der Waals surface area (Å²) in [7, 11) is 0. The molecule has 0 saturated carbocycles. The highest BCUT2D eigenvalue weighted by Gasteiger charge is 2.28. The Morgan fingerprint density at radius 2 is 2.15 bits per heavy atom. The second kappa shape index (κ2) is 4.61. The average molecular weight is 185 g/mol. The Balaban J connectivity index is 1.99. The minimum atomic E-state index is -0.680. The lowest BCUT2D eigenvalue weighted by Gasteiger charge is -2.41. The molecule has 0 aromatic carbocycles. The number of rotatable bonds is 5. The maximum absolute atomic E-state index is 10.2. The Labute approximate surface area is 79.7 Å². The lowest BCUT2D eigenvalue weighted by atomic mass is 9.88. The normalized spacial score (nSPS) is 19.0. The van der Waals surface area contributed by atoms with Crippen molar-refractivity contribution in [1.82, 2.24) is 4.90 Å². The van der Waals surface area contributed by atoms with Crippen molar-refractivity contribution in [2.24, 2.45) is 11.8 Å². The number of likely N-dealkylation sites (tertiary alicyclic amines) is 1. The lowest BCUT2D eigenvalue weighted by Crippen LogP contribution is -2.49. The van der Waals surface area contributed by atoms with Crippen LogP contribution in [0, 0.1) is 11.8 Å². The Morgan fingerprint density at radius 1 is 1.54 bits per heavy atom. The smallest absolute Gasteiger partial charge is 0.303 e. The van der Waals surface area contributed by atoms with Gasteiger partial charge in [0.05, 0.1) is 0 Å². The first-order chi connectivity index (χ1) is 6.09. The molecule has 0 spiro atoms. The van der Waals surface area contributed by atoms with Crippen LogP contribution < -0.4 is 0 Å². The minimum absolute atomic E-state index is 0.308. The monoisotopic (exact) mass is 185 g/mol. The predicted molar refractivity (Wildman–Crippen MR) is 51.6 cm³/mol. The summed E-state index contributed by atoms with van der Waals surface area (Å²) in [5.41, 5.74) is 0. The van der Waals surface area contributed by atoms with Crippen LogP contribution >= 0.6 is 0 Å². The fourth-order valence-electron chi connectivity index (χ4n) is 1.67. The van der Waals surface area contributed by atoms with E-state index >= 15 is 0 Å². The predicted octanol–water partition coefficient (Wildman–Crippen LogP) is 1.44. The van der Waals surface area contributed by atoms with Crippen molar-refractivity contribution in [3.63, 3.8) is 0 Å². The van der Waals surface area contributed by atoms with Crippen LogP contribution in [0.2, 0.25) is 0 Å². The molecule has 0 radical (unpaired) electrons. The highest BCUT2D eigenvalue weighted by Crippen LogP contribution is 2.23. The molecule has 0 amide bonds. The molecule has 1 aliphatic heterocycles. The molecular weight excluding hydrogens is 166 g/mol. The quantitative estimate of drug-likeness (QED) is 0.704. The maximum atomic E-state index is 10.2. The van der Waals surface area contributed by atoms with Crippen LogP contribution in [-0.2, 0) is 4.79 Å². The van der Waals surface area contributed by atoms with E-state index in [1.54, 1.807) is 0 Å². The zero-order valence-corrected chi connectivity index (χ0v) is 8.49. The standard InChI is InChI=1S/C10H19NO2/c1-8(2)9-6-11(7-9)5-3-4-10(12)13/h8-9H,3-7H2,1-2H3,(H,12,13). The number of carbonyl (C=O) groups is 1. The molecular formula is C10H19NO2. The first-order valence-electron chi connectivity index (χ1n) is 5.03. The van der Waals surface area contributed by atoms with Crippen molar-refractivity contribution in [3.05, 3.63) is 0 Å². The van der Waals surface area contributed by atoms with Gasteiger partial charge in [-0.05, 0) is 24.8 Å². The van der Waals surface area contributed by atoms with Gasteiger partial charge in [0, 0.05) is 19.5 Å². The summed E-state index contributed by atoms with van der Waals surface area (Å²) in [6.45, 7) is 7.78. The van der Waals surface area contributed by atoms with E-state index in [0.717, 1.165) is 37.9 Å². The summed E-state index contributed by atoms with van der Waals surface area (Å²) in [4.78, 5) is 12.6. The first-order valence-corrected chi connectivity index (χ1v) is 5.03. The van der Waals surface area contributed by atoms with Gasteiger partial charge in [-0.3, -0.25) is 4.79 Å². The molecule has 76 valence electrons. The largest absolute Gasteiger partial charge is 0.481 e. The van der Waals surface area contributed by atoms with E-state index in [2.05, 4.69) is 18.7 Å².